The van der Waals surface area contributed by atoms with Crippen LogP contribution < -0.4 is 5.32 Å². The first-order chi connectivity index (χ1) is 15.6. The molecule has 0 unspecified atom stereocenters. The highest BCUT2D eigenvalue weighted by atomic mass is 32.1. The lowest BCUT2D eigenvalue weighted by Crippen LogP contribution is -2.47. The molecule has 1 saturated carbocycles. The van der Waals surface area contributed by atoms with Crippen molar-refractivity contribution >= 4 is 23.2 Å². The smallest absolute Gasteiger partial charge is 0.247 e. The summed E-state index contributed by atoms with van der Waals surface area (Å²) in [6.45, 7) is 2.26. The summed E-state index contributed by atoms with van der Waals surface area (Å²) in [7, 11) is 0. The number of nitrogens with one attached hydrogen (secondary N) is 1. The molecule has 6 heteroatoms. The van der Waals surface area contributed by atoms with Gasteiger partial charge in [-0.2, -0.15) is 0 Å². The molecule has 4 rings (SSSR count). The Kier molecular flexibility index (Phi) is 7.43. The van der Waals surface area contributed by atoms with Gasteiger partial charge in [0.05, 0.1) is 19.2 Å². The minimum absolute atomic E-state index is 0.0896. The maximum absolute atomic E-state index is 13.6. The van der Waals surface area contributed by atoms with Gasteiger partial charge in [-0.15, -0.1) is 11.3 Å². The molecule has 1 atom stereocenters. The zero-order valence-electron chi connectivity index (χ0n) is 18.5. The predicted octanol–water partition coefficient (Wildman–Crippen LogP) is 5.41. The quantitative estimate of drug-likeness (QED) is 0.499. The van der Waals surface area contributed by atoms with E-state index in [4.69, 9.17) is 4.42 Å². The van der Waals surface area contributed by atoms with E-state index in [9.17, 15) is 9.59 Å². The Hall–Kier alpha value is -2.86. The number of furan rings is 1. The summed E-state index contributed by atoms with van der Waals surface area (Å²) in [6.07, 6.45) is 7.33. The van der Waals surface area contributed by atoms with Gasteiger partial charge < -0.3 is 14.6 Å². The number of carbonyl (C=O) groups is 2. The number of rotatable bonds is 8. The van der Waals surface area contributed by atoms with Gasteiger partial charge in [-0.1, -0.05) is 55.2 Å². The summed E-state index contributed by atoms with van der Waals surface area (Å²) in [6, 6.07) is 14.9. The number of aryl methyl sites for hydroxylation is 1. The Morgan fingerprint density at radius 1 is 1.09 bits per heavy atom. The van der Waals surface area contributed by atoms with Crippen LogP contribution in [0, 0.1) is 6.92 Å². The van der Waals surface area contributed by atoms with E-state index in [2.05, 4.69) is 5.32 Å². The van der Waals surface area contributed by atoms with Gasteiger partial charge >= 0.3 is 0 Å². The van der Waals surface area contributed by atoms with E-state index in [1.165, 1.54) is 6.42 Å². The number of thiophene rings is 1. The third kappa shape index (κ3) is 5.68. The summed E-state index contributed by atoms with van der Waals surface area (Å²) in [4.78, 5) is 29.8. The molecule has 0 radical (unpaired) electrons. The summed E-state index contributed by atoms with van der Waals surface area (Å²) in [5, 5.41) is 5.21. The SMILES string of the molecule is Cc1ccc([C@H](C(=O)NC2CCCCC2)N(Cc2ccco2)C(=O)Cc2cccs2)cc1. The van der Waals surface area contributed by atoms with Crippen molar-refractivity contribution in [1.29, 1.82) is 0 Å². The monoisotopic (exact) mass is 450 g/mol. The Bertz CT molecular complexity index is 990. The van der Waals surface area contributed by atoms with E-state index in [0.29, 0.717) is 5.76 Å². The standard InChI is InChI=1S/C26H30N2O3S/c1-19-11-13-20(14-12-19)25(26(30)27-21-7-3-2-4-8-21)28(18-22-9-5-15-31-22)24(29)17-23-10-6-16-32-23/h5-6,9-16,21,25H,2-4,7-8,17-18H2,1H3,(H,27,30)/t25-/m1/s1. The van der Waals surface area contributed by atoms with Crippen molar-refractivity contribution in [2.75, 3.05) is 0 Å². The van der Waals surface area contributed by atoms with Crippen LogP contribution >= 0.6 is 11.3 Å². The van der Waals surface area contributed by atoms with E-state index in [0.717, 1.165) is 41.7 Å². The summed E-state index contributed by atoms with van der Waals surface area (Å²) >= 11 is 1.55. The molecule has 1 aliphatic carbocycles. The number of hydrogen-bond donors (Lipinski definition) is 1. The molecule has 1 aromatic carbocycles. The number of nitrogens with zero attached hydrogens (tertiary/aromatic N) is 1. The van der Waals surface area contributed by atoms with Crippen molar-refractivity contribution in [3.8, 4) is 0 Å². The van der Waals surface area contributed by atoms with Crippen LogP contribution in [-0.4, -0.2) is 22.8 Å². The van der Waals surface area contributed by atoms with Crippen molar-refractivity contribution in [3.63, 3.8) is 0 Å². The van der Waals surface area contributed by atoms with Crippen LogP contribution in [0.3, 0.4) is 0 Å². The minimum atomic E-state index is -0.713. The van der Waals surface area contributed by atoms with Crippen molar-refractivity contribution in [2.24, 2.45) is 0 Å². The van der Waals surface area contributed by atoms with Crippen LogP contribution in [0.5, 0.6) is 0 Å². The van der Waals surface area contributed by atoms with Crippen LogP contribution in [-0.2, 0) is 22.6 Å². The van der Waals surface area contributed by atoms with E-state index >= 15 is 0 Å². The molecule has 3 aromatic rings. The highest BCUT2D eigenvalue weighted by molar-refractivity contribution is 7.10. The normalized spacial score (nSPS) is 15.3. The van der Waals surface area contributed by atoms with Crippen LogP contribution in [0.4, 0.5) is 0 Å². The van der Waals surface area contributed by atoms with E-state index in [1.54, 1.807) is 28.6 Å². The van der Waals surface area contributed by atoms with Crippen molar-refractivity contribution in [3.05, 3.63) is 81.9 Å². The lowest BCUT2D eigenvalue weighted by atomic mass is 9.94. The van der Waals surface area contributed by atoms with Crippen molar-refractivity contribution in [1.82, 2.24) is 10.2 Å². The van der Waals surface area contributed by atoms with Crippen LogP contribution in [0.25, 0.3) is 0 Å². The maximum atomic E-state index is 13.6. The molecule has 1 aliphatic rings. The molecular weight excluding hydrogens is 420 g/mol. The third-order valence-electron chi connectivity index (χ3n) is 6.04. The fraction of sp³-hybridized carbons (Fsp3) is 0.385. The first kappa shape index (κ1) is 22.3. The molecule has 0 saturated heterocycles. The van der Waals surface area contributed by atoms with Crippen LogP contribution in [0.15, 0.2) is 64.6 Å². The average Bonchev–Trinajstić information content (AvgIpc) is 3.49. The van der Waals surface area contributed by atoms with E-state index < -0.39 is 6.04 Å². The molecule has 168 valence electrons. The highest BCUT2D eigenvalue weighted by Gasteiger charge is 2.33. The molecule has 0 bridgehead atoms. The maximum Gasteiger partial charge on any atom is 0.247 e. The second-order valence-corrected chi connectivity index (χ2v) is 9.55. The molecular formula is C26H30N2O3S. The number of benzene rings is 1. The van der Waals surface area contributed by atoms with E-state index in [1.807, 2.05) is 54.8 Å². The molecule has 1 N–H and O–H groups in total. The summed E-state index contributed by atoms with van der Waals surface area (Å²) < 4.78 is 5.56. The third-order valence-corrected chi connectivity index (χ3v) is 6.91. The molecule has 5 nitrogen and oxygen atoms in total. The number of carbonyl (C=O) groups excluding carboxylic acids is 2. The Balaban J connectivity index is 1.66. The number of hydrogen-bond acceptors (Lipinski definition) is 4. The lowest BCUT2D eigenvalue weighted by Gasteiger charge is -2.33. The van der Waals surface area contributed by atoms with Crippen molar-refractivity contribution in [2.45, 2.75) is 64.1 Å². The van der Waals surface area contributed by atoms with Crippen LogP contribution in [0.2, 0.25) is 0 Å². The second-order valence-electron chi connectivity index (χ2n) is 8.51. The highest BCUT2D eigenvalue weighted by Crippen LogP contribution is 2.27. The van der Waals surface area contributed by atoms with Crippen molar-refractivity contribution < 1.29 is 14.0 Å². The summed E-state index contributed by atoms with van der Waals surface area (Å²) in [5.74, 6) is 0.451. The largest absolute Gasteiger partial charge is 0.467 e. The topological polar surface area (TPSA) is 62.6 Å². The molecule has 0 spiro atoms. The van der Waals surface area contributed by atoms with E-state index in [-0.39, 0.29) is 30.8 Å². The molecule has 32 heavy (non-hydrogen) atoms. The fourth-order valence-electron chi connectivity index (χ4n) is 4.31. The van der Waals surface area contributed by atoms with Gasteiger partial charge in [0.2, 0.25) is 11.8 Å². The predicted molar refractivity (Wildman–Crippen MR) is 126 cm³/mol. The Morgan fingerprint density at radius 2 is 1.88 bits per heavy atom. The summed E-state index contributed by atoms with van der Waals surface area (Å²) in [5.41, 5.74) is 1.93. The molecule has 2 aromatic heterocycles. The van der Waals surface area contributed by atoms with Gasteiger partial charge in [0.25, 0.3) is 0 Å². The molecule has 0 aliphatic heterocycles. The Morgan fingerprint density at radius 3 is 2.53 bits per heavy atom. The number of amides is 2. The molecule has 2 amide bonds. The lowest BCUT2D eigenvalue weighted by molar-refractivity contribution is -0.141. The molecule has 1 fully saturated rings. The van der Waals surface area contributed by atoms with Gasteiger partial charge in [0.15, 0.2) is 0 Å². The Labute approximate surface area is 193 Å². The van der Waals surface area contributed by atoms with Gasteiger partial charge in [-0.25, -0.2) is 0 Å². The van der Waals surface area contributed by atoms with Gasteiger partial charge in [0.1, 0.15) is 11.8 Å². The van der Waals surface area contributed by atoms with Crippen LogP contribution in [0.1, 0.15) is 59.9 Å². The first-order valence-corrected chi connectivity index (χ1v) is 12.2. The first-order valence-electron chi connectivity index (χ1n) is 11.3. The van der Waals surface area contributed by atoms with Gasteiger partial charge in [0, 0.05) is 10.9 Å². The van der Waals surface area contributed by atoms with Gasteiger partial charge in [-0.05, 0) is 48.9 Å². The zero-order valence-corrected chi connectivity index (χ0v) is 19.3. The average molecular weight is 451 g/mol. The van der Waals surface area contributed by atoms with Gasteiger partial charge in [-0.3, -0.25) is 9.59 Å². The minimum Gasteiger partial charge on any atom is -0.467 e. The zero-order chi connectivity index (χ0) is 22.3. The molecule has 2 heterocycles. The second kappa shape index (κ2) is 10.6. The fourth-order valence-corrected chi connectivity index (χ4v) is 5.00.